The highest BCUT2D eigenvalue weighted by Crippen LogP contribution is 2.23. The summed E-state index contributed by atoms with van der Waals surface area (Å²) in [5, 5.41) is 3.64. The topological polar surface area (TPSA) is 12.0 Å². The van der Waals surface area contributed by atoms with Gasteiger partial charge in [-0.2, -0.15) is 0 Å². The number of aryl methyl sites for hydroxylation is 2. The summed E-state index contributed by atoms with van der Waals surface area (Å²) in [4.78, 5) is 0. The van der Waals surface area contributed by atoms with E-state index >= 15 is 0 Å². The maximum absolute atomic E-state index is 3.64. The fourth-order valence-corrected chi connectivity index (χ4v) is 2.77. The molecule has 0 radical (unpaired) electrons. The van der Waals surface area contributed by atoms with Gasteiger partial charge in [0.25, 0.3) is 0 Å². The first-order valence-electron chi connectivity index (χ1n) is 7.70. The molecule has 1 nitrogen and oxygen atoms in total. The molecule has 0 aliphatic carbocycles. The van der Waals surface area contributed by atoms with Crippen LogP contribution in [0.1, 0.15) is 43.0 Å². The van der Waals surface area contributed by atoms with E-state index in [1.807, 2.05) is 0 Å². The number of hydrogen-bond acceptors (Lipinski definition) is 1. The van der Waals surface area contributed by atoms with E-state index in [-0.39, 0.29) is 0 Å². The normalized spacial score (nSPS) is 12.3. The molecule has 0 heterocycles. The molecule has 106 valence electrons. The molecule has 2 aromatic rings. The van der Waals surface area contributed by atoms with Crippen molar-refractivity contribution in [3.05, 3.63) is 71.3 Å². The van der Waals surface area contributed by atoms with Gasteiger partial charge in [0, 0.05) is 6.04 Å². The highest BCUT2D eigenvalue weighted by Gasteiger charge is 2.13. The molecular formula is C19H25N. The summed E-state index contributed by atoms with van der Waals surface area (Å²) < 4.78 is 0. The van der Waals surface area contributed by atoms with E-state index in [1.165, 1.54) is 16.7 Å². The molecule has 1 atom stereocenters. The van der Waals surface area contributed by atoms with Crippen molar-refractivity contribution in [2.24, 2.45) is 0 Å². The van der Waals surface area contributed by atoms with Crippen LogP contribution in [0.3, 0.4) is 0 Å². The largest absolute Gasteiger partial charge is 0.310 e. The van der Waals surface area contributed by atoms with Crippen molar-refractivity contribution in [1.82, 2.24) is 5.32 Å². The molecule has 0 saturated carbocycles. The fourth-order valence-electron chi connectivity index (χ4n) is 2.77. The van der Waals surface area contributed by atoms with Crippen molar-refractivity contribution in [2.75, 3.05) is 6.54 Å². The number of benzene rings is 2. The Kier molecular flexibility index (Phi) is 5.82. The Hall–Kier alpha value is -1.60. The summed E-state index contributed by atoms with van der Waals surface area (Å²) in [5.74, 6) is 0. The minimum absolute atomic E-state index is 0.455. The average Bonchev–Trinajstić information content (AvgIpc) is 2.52. The predicted molar refractivity (Wildman–Crippen MR) is 87.0 cm³/mol. The van der Waals surface area contributed by atoms with Crippen molar-refractivity contribution in [3.8, 4) is 0 Å². The summed E-state index contributed by atoms with van der Waals surface area (Å²) in [6.45, 7) is 5.43. The Bertz CT molecular complexity index is 504. The Labute approximate surface area is 123 Å². The molecule has 2 rings (SSSR count). The fraction of sp³-hybridized carbons (Fsp3) is 0.368. The van der Waals surface area contributed by atoms with E-state index in [1.54, 1.807) is 0 Å². The van der Waals surface area contributed by atoms with Gasteiger partial charge in [-0.3, -0.25) is 0 Å². The molecule has 0 bridgehead atoms. The zero-order valence-electron chi connectivity index (χ0n) is 12.6. The molecule has 1 unspecified atom stereocenters. The lowest BCUT2D eigenvalue weighted by atomic mass is 9.94. The summed E-state index contributed by atoms with van der Waals surface area (Å²) in [6.07, 6.45) is 3.37. The molecule has 1 N–H and O–H groups in total. The summed E-state index contributed by atoms with van der Waals surface area (Å²) in [5.41, 5.74) is 4.35. The molecule has 0 aliphatic rings. The molecule has 2 aromatic carbocycles. The summed E-state index contributed by atoms with van der Waals surface area (Å²) >= 11 is 0. The van der Waals surface area contributed by atoms with Crippen molar-refractivity contribution in [2.45, 2.75) is 39.2 Å². The Morgan fingerprint density at radius 1 is 0.900 bits per heavy atom. The average molecular weight is 267 g/mol. The SMILES string of the molecule is CCNC(CCc1ccccc1)c1ccccc1CC. The molecule has 0 spiro atoms. The van der Waals surface area contributed by atoms with Gasteiger partial charge >= 0.3 is 0 Å². The second-order valence-corrected chi connectivity index (χ2v) is 5.19. The number of hydrogen-bond donors (Lipinski definition) is 1. The van der Waals surface area contributed by atoms with Crippen molar-refractivity contribution < 1.29 is 0 Å². The Balaban J connectivity index is 2.10. The van der Waals surface area contributed by atoms with Gasteiger partial charge in [0.1, 0.15) is 0 Å². The molecule has 0 aliphatic heterocycles. The number of nitrogens with one attached hydrogen (secondary N) is 1. The first kappa shape index (κ1) is 14.8. The van der Waals surface area contributed by atoms with Crippen LogP contribution in [-0.2, 0) is 12.8 Å². The maximum atomic E-state index is 3.64. The van der Waals surface area contributed by atoms with E-state index in [0.29, 0.717) is 6.04 Å². The van der Waals surface area contributed by atoms with Gasteiger partial charge in [-0.05, 0) is 42.5 Å². The Morgan fingerprint density at radius 2 is 1.60 bits per heavy atom. The zero-order chi connectivity index (χ0) is 14.2. The van der Waals surface area contributed by atoms with Gasteiger partial charge < -0.3 is 5.32 Å². The molecule has 0 aromatic heterocycles. The second kappa shape index (κ2) is 7.86. The first-order chi connectivity index (χ1) is 9.85. The van der Waals surface area contributed by atoms with Crippen LogP contribution in [-0.4, -0.2) is 6.54 Å². The quantitative estimate of drug-likeness (QED) is 0.777. The van der Waals surface area contributed by atoms with Crippen molar-refractivity contribution >= 4 is 0 Å². The molecule has 0 amide bonds. The lowest BCUT2D eigenvalue weighted by molar-refractivity contribution is 0.512. The minimum Gasteiger partial charge on any atom is -0.310 e. The minimum atomic E-state index is 0.455. The molecule has 1 heteroatoms. The molecule has 0 fully saturated rings. The predicted octanol–water partition coefficient (Wildman–Crippen LogP) is 4.53. The van der Waals surface area contributed by atoms with E-state index in [0.717, 1.165) is 25.8 Å². The smallest absolute Gasteiger partial charge is 0.0326 e. The van der Waals surface area contributed by atoms with Gasteiger partial charge in [-0.1, -0.05) is 68.4 Å². The number of rotatable bonds is 7. The molecule has 0 saturated heterocycles. The van der Waals surface area contributed by atoms with E-state index < -0.39 is 0 Å². The van der Waals surface area contributed by atoms with E-state index in [4.69, 9.17) is 0 Å². The van der Waals surface area contributed by atoms with Crippen molar-refractivity contribution in [3.63, 3.8) is 0 Å². The lowest BCUT2D eigenvalue weighted by Crippen LogP contribution is -2.22. The van der Waals surface area contributed by atoms with E-state index in [9.17, 15) is 0 Å². The molecular weight excluding hydrogens is 242 g/mol. The van der Waals surface area contributed by atoms with Crippen LogP contribution in [0.25, 0.3) is 0 Å². The summed E-state index contributed by atoms with van der Waals surface area (Å²) in [6, 6.07) is 20.0. The van der Waals surface area contributed by atoms with Crippen molar-refractivity contribution in [1.29, 1.82) is 0 Å². The standard InChI is InChI=1S/C19H25N/c1-3-17-12-8-9-13-18(17)19(20-4-2)15-14-16-10-6-5-7-11-16/h5-13,19-20H,3-4,14-15H2,1-2H3. The van der Waals surface area contributed by atoms with E-state index in [2.05, 4.69) is 73.8 Å². The van der Waals surface area contributed by atoms with Gasteiger partial charge in [0.05, 0.1) is 0 Å². The summed E-state index contributed by atoms with van der Waals surface area (Å²) in [7, 11) is 0. The third-order valence-corrected chi connectivity index (χ3v) is 3.83. The third-order valence-electron chi connectivity index (χ3n) is 3.83. The van der Waals surface area contributed by atoms with Gasteiger partial charge in [-0.15, -0.1) is 0 Å². The monoisotopic (exact) mass is 267 g/mol. The van der Waals surface area contributed by atoms with Crippen LogP contribution in [0.15, 0.2) is 54.6 Å². The zero-order valence-corrected chi connectivity index (χ0v) is 12.6. The van der Waals surface area contributed by atoms with Crippen LogP contribution in [0.5, 0.6) is 0 Å². The molecule has 20 heavy (non-hydrogen) atoms. The van der Waals surface area contributed by atoms with Crippen LogP contribution in [0.4, 0.5) is 0 Å². The first-order valence-corrected chi connectivity index (χ1v) is 7.70. The third kappa shape index (κ3) is 3.94. The van der Waals surface area contributed by atoms with Crippen LogP contribution in [0, 0.1) is 0 Å². The highest BCUT2D eigenvalue weighted by atomic mass is 14.9. The second-order valence-electron chi connectivity index (χ2n) is 5.19. The lowest BCUT2D eigenvalue weighted by Gasteiger charge is -2.21. The highest BCUT2D eigenvalue weighted by molar-refractivity contribution is 5.30. The van der Waals surface area contributed by atoms with Crippen LogP contribution in [0.2, 0.25) is 0 Å². The maximum Gasteiger partial charge on any atom is 0.0326 e. The van der Waals surface area contributed by atoms with Crippen LogP contribution < -0.4 is 5.32 Å². The van der Waals surface area contributed by atoms with Gasteiger partial charge in [0.15, 0.2) is 0 Å². The Morgan fingerprint density at radius 3 is 2.30 bits per heavy atom. The van der Waals surface area contributed by atoms with Gasteiger partial charge in [0.2, 0.25) is 0 Å². The van der Waals surface area contributed by atoms with Crippen LogP contribution >= 0.6 is 0 Å². The van der Waals surface area contributed by atoms with Gasteiger partial charge in [-0.25, -0.2) is 0 Å².